The topological polar surface area (TPSA) is 70.1 Å². The number of nitrogens with one attached hydrogen (secondary N) is 2. The molecular weight excluding hydrogens is 330 g/mol. The maximum absolute atomic E-state index is 5.94. The number of guanidine groups is 1. The van der Waals surface area contributed by atoms with Crippen molar-refractivity contribution in [3.05, 3.63) is 58.6 Å². The Morgan fingerprint density at radius 1 is 1.10 bits per heavy atom. The molecule has 104 valence electrons. The highest BCUT2D eigenvalue weighted by Gasteiger charge is 2.31. The Kier molecular flexibility index (Phi) is 2.71. The van der Waals surface area contributed by atoms with Gasteiger partial charge < -0.3 is 5.73 Å². The van der Waals surface area contributed by atoms with Gasteiger partial charge in [0.25, 0.3) is 5.96 Å². The van der Waals surface area contributed by atoms with Crippen LogP contribution in [0.5, 0.6) is 0 Å². The molecule has 4 N–H and O–H groups in total. The summed E-state index contributed by atoms with van der Waals surface area (Å²) in [6.07, 6.45) is -0.201. The van der Waals surface area contributed by atoms with Crippen LogP contribution in [0.2, 0.25) is 0 Å². The first kappa shape index (κ1) is 12.4. The molecular formula is C15H13BrN5+. The Morgan fingerprint density at radius 3 is 2.71 bits per heavy atom. The number of hydrogen-bond donors (Lipinski definition) is 3. The number of H-pyrrole nitrogens is 1. The lowest BCUT2D eigenvalue weighted by Crippen LogP contribution is -2.48. The van der Waals surface area contributed by atoms with Crippen LogP contribution in [0.1, 0.15) is 11.7 Å². The Hall–Kier alpha value is -2.34. The molecule has 1 aliphatic rings. The van der Waals surface area contributed by atoms with Gasteiger partial charge in [-0.2, -0.15) is 4.99 Å². The van der Waals surface area contributed by atoms with Gasteiger partial charge in [0.1, 0.15) is 11.0 Å². The largest absolute Gasteiger partial charge is 0.365 e. The van der Waals surface area contributed by atoms with Crippen LogP contribution in [0.4, 0.5) is 5.95 Å². The summed E-state index contributed by atoms with van der Waals surface area (Å²) < 4.78 is 3.13. The molecule has 2 heterocycles. The summed E-state index contributed by atoms with van der Waals surface area (Å²) in [5.41, 5.74) is 9.13. The fraction of sp³-hybridized carbons (Fsp3) is 0.0667. The predicted octanol–water partition coefficient (Wildman–Crippen LogP) is 2.50. The van der Waals surface area contributed by atoms with Crippen molar-refractivity contribution in [2.45, 2.75) is 6.17 Å². The molecule has 0 saturated carbocycles. The van der Waals surface area contributed by atoms with Gasteiger partial charge in [0.05, 0.1) is 0 Å². The van der Waals surface area contributed by atoms with E-state index in [1.807, 2.05) is 36.4 Å². The Labute approximate surface area is 129 Å². The number of para-hydroxylation sites is 2. The van der Waals surface area contributed by atoms with Crippen LogP contribution in [-0.4, -0.2) is 10.9 Å². The molecule has 0 unspecified atom stereocenters. The van der Waals surface area contributed by atoms with Gasteiger partial charge in [-0.25, -0.2) is 14.9 Å². The predicted molar refractivity (Wildman–Crippen MR) is 86.0 cm³/mol. The molecule has 0 spiro atoms. The van der Waals surface area contributed by atoms with Crippen LogP contribution in [-0.2, 0) is 0 Å². The number of nitrogens with two attached hydrogens (primary N) is 1. The van der Waals surface area contributed by atoms with Crippen molar-refractivity contribution in [2.75, 3.05) is 5.32 Å². The van der Waals surface area contributed by atoms with Crippen LogP contribution in [0.25, 0.3) is 11.0 Å². The molecule has 1 aromatic heterocycles. The number of aromatic nitrogens is 2. The molecule has 21 heavy (non-hydrogen) atoms. The van der Waals surface area contributed by atoms with Crippen molar-refractivity contribution in [1.82, 2.24) is 4.98 Å². The van der Waals surface area contributed by atoms with Gasteiger partial charge in [0, 0.05) is 10.0 Å². The number of halogens is 1. The SMILES string of the molecule is NC1=N[C@@H](c2ccccc2Br)[n+]2c([nH]c3ccccc32)N1. The summed E-state index contributed by atoms with van der Waals surface area (Å²) in [7, 11) is 0. The maximum Gasteiger partial charge on any atom is 0.365 e. The summed E-state index contributed by atoms with van der Waals surface area (Å²) in [5.74, 6) is 1.24. The summed E-state index contributed by atoms with van der Waals surface area (Å²) in [4.78, 5) is 7.91. The van der Waals surface area contributed by atoms with Crippen molar-refractivity contribution >= 4 is 38.9 Å². The molecule has 0 radical (unpaired) electrons. The van der Waals surface area contributed by atoms with Gasteiger partial charge in [-0.05, 0) is 18.2 Å². The number of imidazole rings is 1. The molecule has 0 aliphatic carbocycles. The number of anilines is 1. The second-order valence-corrected chi connectivity index (χ2v) is 5.75. The normalized spacial score (nSPS) is 17.2. The molecule has 3 aromatic rings. The minimum absolute atomic E-state index is 0.201. The third-order valence-electron chi connectivity index (χ3n) is 3.59. The highest BCUT2D eigenvalue weighted by molar-refractivity contribution is 9.10. The molecule has 1 aliphatic heterocycles. The molecule has 1 atom stereocenters. The van der Waals surface area contributed by atoms with E-state index < -0.39 is 0 Å². The average molecular weight is 343 g/mol. The Morgan fingerprint density at radius 2 is 1.86 bits per heavy atom. The highest BCUT2D eigenvalue weighted by atomic mass is 79.9. The van der Waals surface area contributed by atoms with Gasteiger partial charge in [0.2, 0.25) is 6.17 Å². The lowest BCUT2D eigenvalue weighted by atomic mass is 10.1. The van der Waals surface area contributed by atoms with Crippen molar-refractivity contribution in [3.8, 4) is 0 Å². The number of aliphatic imine (C=N–C) groups is 1. The molecule has 0 bridgehead atoms. The van der Waals surface area contributed by atoms with Gasteiger partial charge in [0.15, 0.2) is 0 Å². The smallest absolute Gasteiger partial charge is 0.357 e. The summed E-state index contributed by atoms with van der Waals surface area (Å²) >= 11 is 3.60. The van der Waals surface area contributed by atoms with Crippen LogP contribution in [0.15, 0.2) is 58.0 Å². The summed E-state index contributed by atoms with van der Waals surface area (Å²) in [5, 5.41) is 3.09. The van der Waals surface area contributed by atoms with E-state index in [9.17, 15) is 0 Å². The third kappa shape index (κ3) is 1.91. The first-order valence-electron chi connectivity index (χ1n) is 6.61. The van der Waals surface area contributed by atoms with E-state index in [1.54, 1.807) is 0 Å². The Balaban J connectivity index is 2.00. The zero-order chi connectivity index (χ0) is 14.4. The highest BCUT2D eigenvalue weighted by Crippen LogP contribution is 2.28. The quantitative estimate of drug-likeness (QED) is 0.594. The number of fused-ring (bicyclic) bond motifs is 3. The van der Waals surface area contributed by atoms with E-state index in [0.29, 0.717) is 5.96 Å². The minimum Gasteiger partial charge on any atom is -0.357 e. The molecule has 5 nitrogen and oxygen atoms in total. The van der Waals surface area contributed by atoms with Crippen molar-refractivity contribution in [3.63, 3.8) is 0 Å². The first-order valence-corrected chi connectivity index (χ1v) is 7.40. The van der Waals surface area contributed by atoms with E-state index in [-0.39, 0.29) is 6.17 Å². The molecule has 0 amide bonds. The lowest BCUT2D eigenvalue weighted by molar-refractivity contribution is -0.674. The van der Waals surface area contributed by atoms with E-state index >= 15 is 0 Å². The van der Waals surface area contributed by atoms with E-state index in [1.165, 1.54) is 0 Å². The molecule has 4 rings (SSSR count). The van der Waals surface area contributed by atoms with Crippen molar-refractivity contribution in [2.24, 2.45) is 10.7 Å². The lowest BCUT2D eigenvalue weighted by Gasteiger charge is -2.19. The number of hydrogen-bond acceptors (Lipinski definition) is 3. The van der Waals surface area contributed by atoms with E-state index in [0.717, 1.165) is 27.0 Å². The maximum atomic E-state index is 5.94. The molecule has 0 fully saturated rings. The zero-order valence-electron chi connectivity index (χ0n) is 11.0. The van der Waals surface area contributed by atoms with Crippen LogP contribution in [0, 0.1) is 0 Å². The fourth-order valence-electron chi connectivity index (χ4n) is 2.68. The van der Waals surface area contributed by atoms with Gasteiger partial charge in [-0.15, -0.1) is 0 Å². The zero-order valence-corrected chi connectivity index (χ0v) is 12.6. The van der Waals surface area contributed by atoms with Crippen LogP contribution in [0.3, 0.4) is 0 Å². The number of benzene rings is 2. The van der Waals surface area contributed by atoms with Gasteiger partial charge in [-0.1, -0.05) is 46.3 Å². The number of aromatic amines is 1. The summed E-state index contributed by atoms with van der Waals surface area (Å²) in [6.45, 7) is 0. The van der Waals surface area contributed by atoms with Crippen molar-refractivity contribution in [1.29, 1.82) is 0 Å². The second-order valence-electron chi connectivity index (χ2n) is 4.90. The first-order chi connectivity index (χ1) is 10.2. The van der Waals surface area contributed by atoms with Crippen LogP contribution >= 0.6 is 15.9 Å². The van der Waals surface area contributed by atoms with E-state index in [2.05, 4.69) is 47.9 Å². The molecule has 2 aromatic carbocycles. The van der Waals surface area contributed by atoms with Crippen molar-refractivity contribution < 1.29 is 4.57 Å². The average Bonchev–Trinajstić information content (AvgIpc) is 2.85. The molecule has 0 saturated heterocycles. The van der Waals surface area contributed by atoms with Gasteiger partial charge >= 0.3 is 5.95 Å². The Bertz CT molecular complexity index is 867. The van der Waals surface area contributed by atoms with Crippen LogP contribution < -0.4 is 15.6 Å². The third-order valence-corrected chi connectivity index (χ3v) is 4.32. The van der Waals surface area contributed by atoms with E-state index in [4.69, 9.17) is 5.73 Å². The minimum atomic E-state index is -0.201. The monoisotopic (exact) mass is 342 g/mol. The number of rotatable bonds is 1. The fourth-order valence-corrected chi connectivity index (χ4v) is 3.17. The summed E-state index contributed by atoms with van der Waals surface area (Å²) in [6, 6.07) is 16.2. The van der Waals surface area contributed by atoms with Gasteiger partial charge in [-0.3, -0.25) is 0 Å². The molecule has 6 heteroatoms. The second kappa shape index (κ2) is 4.60. The standard InChI is InChI=1S/C15H12BrN5/c16-10-6-2-1-5-9(10)13-19-14(17)20-15-18-11-7-3-4-8-12(11)21(13)15/h1-8,13H,(H3,17,18,19,20)/p+1/t13-/m1/s1. The number of nitrogens with zero attached hydrogens (tertiary/aromatic N) is 2.